The van der Waals surface area contributed by atoms with Gasteiger partial charge >= 0.3 is 5.97 Å². The zero-order chi connectivity index (χ0) is 14.7. The first kappa shape index (κ1) is 14.5. The minimum atomic E-state index is -1.17. The lowest BCUT2D eigenvalue weighted by Crippen LogP contribution is -2.06. The van der Waals surface area contributed by atoms with Gasteiger partial charge in [-0.2, -0.15) is 0 Å². The molecule has 0 bridgehead atoms. The summed E-state index contributed by atoms with van der Waals surface area (Å²) >= 11 is 2.97. The van der Waals surface area contributed by atoms with Gasteiger partial charge in [0.05, 0.1) is 15.7 Å². The van der Waals surface area contributed by atoms with Gasteiger partial charge < -0.3 is 10.4 Å². The van der Waals surface area contributed by atoms with Crippen molar-refractivity contribution >= 4 is 27.6 Å². The molecule has 0 atom stereocenters. The van der Waals surface area contributed by atoms with Crippen LogP contribution in [0.15, 0.2) is 35.1 Å². The summed E-state index contributed by atoms with van der Waals surface area (Å²) < 4.78 is 14.0. The standard InChI is InChI=1S/C14H12BrFN2O2/c1-8-6-17-5-4-9(8)7-18-11-3-2-10(14(19)20)12(15)13(11)16/h2-6,18H,7H2,1H3,(H,19,20). The van der Waals surface area contributed by atoms with Gasteiger partial charge in [-0.05, 0) is 52.2 Å². The average molecular weight is 339 g/mol. The monoisotopic (exact) mass is 338 g/mol. The van der Waals surface area contributed by atoms with E-state index in [1.807, 2.05) is 13.0 Å². The molecule has 0 unspecified atom stereocenters. The Bertz CT molecular complexity index is 662. The molecule has 1 aromatic carbocycles. The first-order valence-electron chi connectivity index (χ1n) is 5.85. The molecule has 1 aromatic heterocycles. The Kier molecular flexibility index (Phi) is 4.34. The second-order valence-corrected chi connectivity index (χ2v) is 5.04. The first-order chi connectivity index (χ1) is 9.50. The lowest BCUT2D eigenvalue weighted by molar-refractivity contribution is 0.0695. The second kappa shape index (κ2) is 6.00. The van der Waals surface area contributed by atoms with Crippen molar-refractivity contribution in [3.8, 4) is 0 Å². The summed E-state index contributed by atoms with van der Waals surface area (Å²) in [6.07, 6.45) is 3.40. The van der Waals surface area contributed by atoms with Crippen LogP contribution in [0.2, 0.25) is 0 Å². The highest BCUT2D eigenvalue weighted by Crippen LogP contribution is 2.27. The van der Waals surface area contributed by atoms with Crippen molar-refractivity contribution in [3.63, 3.8) is 0 Å². The third-order valence-corrected chi connectivity index (χ3v) is 3.69. The summed E-state index contributed by atoms with van der Waals surface area (Å²) in [7, 11) is 0. The van der Waals surface area contributed by atoms with Crippen LogP contribution in [0.25, 0.3) is 0 Å². The number of nitrogens with zero attached hydrogens (tertiary/aromatic N) is 1. The number of aromatic nitrogens is 1. The largest absolute Gasteiger partial charge is 0.478 e. The van der Waals surface area contributed by atoms with E-state index >= 15 is 0 Å². The molecule has 0 fully saturated rings. The summed E-state index contributed by atoms with van der Waals surface area (Å²) in [5.41, 5.74) is 2.14. The highest BCUT2D eigenvalue weighted by molar-refractivity contribution is 9.10. The molecule has 0 radical (unpaired) electrons. The fourth-order valence-electron chi connectivity index (χ4n) is 1.74. The number of nitrogens with one attached hydrogen (secondary N) is 1. The molecule has 104 valence electrons. The molecule has 0 spiro atoms. The molecule has 2 aromatic rings. The van der Waals surface area contributed by atoms with Crippen LogP contribution in [-0.2, 0) is 6.54 Å². The maximum Gasteiger partial charge on any atom is 0.336 e. The first-order valence-corrected chi connectivity index (χ1v) is 6.64. The van der Waals surface area contributed by atoms with Gasteiger partial charge in [-0.15, -0.1) is 0 Å². The Morgan fingerprint density at radius 3 is 2.85 bits per heavy atom. The zero-order valence-electron chi connectivity index (χ0n) is 10.7. The number of carbonyl (C=O) groups is 1. The molecule has 0 saturated heterocycles. The number of carboxylic acids is 1. The van der Waals surface area contributed by atoms with E-state index in [9.17, 15) is 9.18 Å². The Morgan fingerprint density at radius 2 is 2.20 bits per heavy atom. The fourth-order valence-corrected chi connectivity index (χ4v) is 2.26. The molecule has 0 aliphatic carbocycles. The quantitative estimate of drug-likeness (QED) is 0.893. The van der Waals surface area contributed by atoms with Gasteiger partial charge in [-0.1, -0.05) is 0 Å². The Morgan fingerprint density at radius 1 is 1.45 bits per heavy atom. The molecular formula is C14H12BrFN2O2. The highest BCUT2D eigenvalue weighted by Gasteiger charge is 2.15. The van der Waals surface area contributed by atoms with Crippen molar-refractivity contribution in [2.45, 2.75) is 13.5 Å². The van der Waals surface area contributed by atoms with Gasteiger partial charge in [0.2, 0.25) is 0 Å². The Labute approximate surface area is 123 Å². The molecular weight excluding hydrogens is 327 g/mol. The van der Waals surface area contributed by atoms with Crippen LogP contribution in [0, 0.1) is 12.7 Å². The SMILES string of the molecule is Cc1cnccc1CNc1ccc(C(=O)O)c(Br)c1F. The molecule has 0 aliphatic rings. The van der Waals surface area contributed by atoms with Crippen LogP contribution in [-0.4, -0.2) is 16.1 Å². The summed E-state index contributed by atoms with van der Waals surface area (Å²) in [4.78, 5) is 14.9. The normalized spacial score (nSPS) is 10.3. The number of benzene rings is 1. The minimum Gasteiger partial charge on any atom is -0.478 e. The summed E-state index contributed by atoms with van der Waals surface area (Å²) in [5, 5.41) is 11.9. The molecule has 20 heavy (non-hydrogen) atoms. The molecule has 4 nitrogen and oxygen atoms in total. The summed E-state index contributed by atoms with van der Waals surface area (Å²) in [6.45, 7) is 2.36. The van der Waals surface area contributed by atoms with E-state index in [1.165, 1.54) is 12.1 Å². The lowest BCUT2D eigenvalue weighted by atomic mass is 10.1. The summed E-state index contributed by atoms with van der Waals surface area (Å²) in [5.74, 6) is -1.79. The van der Waals surface area contributed by atoms with E-state index in [0.29, 0.717) is 6.54 Å². The van der Waals surface area contributed by atoms with Gasteiger partial charge in [-0.3, -0.25) is 4.98 Å². The minimum absolute atomic E-state index is 0.0542. The molecule has 1 heterocycles. The molecule has 2 N–H and O–H groups in total. The van der Waals surface area contributed by atoms with Gasteiger partial charge in [0.1, 0.15) is 0 Å². The summed E-state index contributed by atoms with van der Waals surface area (Å²) in [6, 6.07) is 4.62. The topological polar surface area (TPSA) is 62.2 Å². The third-order valence-electron chi connectivity index (χ3n) is 2.92. The lowest BCUT2D eigenvalue weighted by Gasteiger charge is -2.11. The van der Waals surface area contributed by atoms with Gasteiger partial charge in [0.15, 0.2) is 5.82 Å². The maximum absolute atomic E-state index is 14.0. The zero-order valence-corrected chi connectivity index (χ0v) is 12.2. The number of hydrogen-bond acceptors (Lipinski definition) is 3. The smallest absolute Gasteiger partial charge is 0.336 e. The maximum atomic E-state index is 14.0. The third kappa shape index (κ3) is 2.96. The number of halogens is 2. The second-order valence-electron chi connectivity index (χ2n) is 4.25. The van der Waals surface area contributed by atoms with Crippen molar-refractivity contribution in [1.29, 1.82) is 0 Å². The number of hydrogen-bond donors (Lipinski definition) is 2. The van der Waals surface area contributed by atoms with E-state index in [4.69, 9.17) is 5.11 Å². The number of anilines is 1. The highest BCUT2D eigenvalue weighted by atomic mass is 79.9. The van der Waals surface area contributed by atoms with Crippen LogP contribution in [0.3, 0.4) is 0 Å². The van der Waals surface area contributed by atoms with Crippen molar-refractivity contribution in [2.75, 3.05) is 5.32 Å². The van der Waals surface area contributed by atoms with Crippen LogP contribution < -0.4 is 5.32 Å². The Balaban J connectivity index is 2.21. The van der Waals surface area contributed by atoms with Crippen LogP contribution in [0.1, 0.15) is 21.5 Å². The van der Waals surface area contributed by atoms with Crippen molar-refractivity contribution in [1.82, 2.24) is 4.98 Å². The van der Waals surface area contributed by atoms with Crippen LogP contribution in [0.4, 0.5) is 10.1 Å². The van der Waals surface area contributed by atoms with Crippen LogP contribution in [0.5, 0.6) is 0 Å². The predicted octanol–water partition coefficient (Wildman–Crippen LogP) is 3.60. The van der Waals surface area contributed by atoms with Crippen molar-refractivity contribution in [3.05, 3.63) is 57.6 Å². The van der Waals surface area contributed by atoms with Gasteiger partial charge in [-0.25, -0.2) is 9.18 Å². The molecule has 0 amide bonds. The van der Waals surface area contributed by atoms with E-state index in [-0.39, 0.29) is 15.7 Å². The number of aromatic carboxylic acids is 1. The fraction of sp³-hybridized carbons (Fsp3) is 0.143. The molecule has 2 rings (SSSR count). The van der Waals surface area contributed by atoms with Crippen molar-refractivity contribution < 1.29 is 14.3 Å². The van der Waals surface area contributed by atoms with E-state index in [1.54, 1.807) is 12.4 Å². The number of pyridine rings is 1. The Hall–Kier alpha value is -1.95. The predicted molar refractivity (Wildman–Crippen MR) is 77.4 cm³/mol. The number of rotatable bonds is 4. The van der Waals surface area contributed by atoms with Gasteiger partial charge in [0.25, 0.3) is 0 Å². The molecule has 0 aliphatic heterocycles. The molecule has 0 saturated carbocycles. The van der Waals surface area contributed by atoms with E-state index in [0.717, 1.165) is 11.1 Å². The van der Waals surface area contributed by atoms with Crippen molar-refractivity contribution in [2.24, 2.45) is 0 Å². The van der Waals surface area contributed by atoms with E-state index < -0.39 is 11.8 Å². The average Bonchev–Trinajstić information content (AvgIpc) is 2.41. The molecule has 6 heteroatoms. The van der Waals surface area contributed by atoms with Crippen LogP contribution >= 0.6 is 15.9 Å². The van der Waals surface area contributed by atoms with Gasteiger partial charge in [0, 0.05) is 18.9 Å². The van der Waals surface area contributed by atoms with E-state index in [2.05, 4.69) is 26.2 Å². The number of aryl methyl sites for hydroxylation is 1. The number of carboxylic acid groups (broad SMARTS) is 1.